The smallest absolute Gasteiger partial charge is 0.224 e. The SMILES string of the molecule is CC(=O)NCCNC(=O)Cc1ccccc1N. The van der Waals surface area contributed by atoms with Gasteiger partial charge in [0.15, 0.2) is 0 Å². The fourth-order valence-electron chi connectivity index (χ4n) is 1.37. The van der Waals surface area contributed by atoms with Gasteiger partial charge in [-0.25, -0.2) is 0 Å². The number of amides is 2. The van der Waals surface area contributed by atoms with E-state index >= 15 is 0 Å². The molecule has 0 unspecified atom stereocenters. The normalized spacial score (nSPS) is 9.71. The highest BCUT2D eigenvalue weighted by Gasteiger charge is 2.05. The van der Waals surface area contributed by atoms with E-state index in [4.69, 9.17) is 5.73 Å². The summed E-state index contributed by atoms with van der Waals surface area (Å²) in [6, 6.07) is 7.26. The summed E-state index contributed by atoms with van der Waals surface area (Å²) in [4.78, 5) is 22.1. The summed E-state index contributed by atoms with van der Waals surface area (Å²) >= 11 is 0. The molecule has 0 spiro atoms. The molecule has 0 saturated carbocycles. The van der Waals surface area contributed by atoms with Gasteiger partial charge < -0.3 is 16.4 Å². The first-order valence-corrected chi connectivity index (χ1v) is 5.44. The molecule has 0 saturated heterocycles. The van der Waals surface area contributed by atoms with Crippen LogP contribution in [0.1, 0.15) is 12.5 Å². The van der Waals surface area contributed by atoms with E-state index in [1.807, 2.05) is 18.2 Å². The van der Waals surface area contributed by atoms with E-state index in [-0.39, 0.29) is 18.2 Å². The molecule has 0 aliphatic rings. The second-order valence-electron chi connectivity index (χ2n) is 3.71. The Balaban J connectivity index is 2.30. The number of hydrogen-bond donors (Lipinski definition) is 3. The van der Waals surface area contributed by atoms with Crippen LogP contribution in [-0.2, 0) is 16.0 Å². The standard InChI is InChI=1S/C12H17N3O2/c1-9(16)14-6-7-15-12(17)8-10-4-2-3-5-11(10)13/h2-5H,6-8,13H2,1H3,(H,14,16)(H,15,17). The van der Waals surface area contributed by atoms with Crippen LogP contribution in [0.15, 0.2) is 24.3 Å². The molecular weight excluding hydrogens is 218 g/mol. The molecule has 2 amide bonds. The number of nitrogens with two attached hydrogens (primary N) is 1. The van der Waals surface area contributed by atoms with Crippen LogP contribution in [0.5, 0.6) is 0 Å². The van der Waals surface area contributed by atoms with Gasteiger partial charge in [-0.05, 0) is 11.6 Å². The molecular formula is C12H17N3O2. The molecule has 5 heteroatoms. The summed E-state index contributed by atoms with van der Waals surface area (Å²) < 4.78 is 0. The molecule has 0 heterocycles. The van der Waals surface area contributed by atoms with Gasteiger partial charge in [-0.3, -0.25) is 9.59 Å². The lowest BCUT2D eigenvalue weighted by atomic mass is 10.1. The molecule has 92 valence electrons. The number of hydrogen-bond acceptors (Lipinski definition) is 3. The number of nitrogen functional groups attached to an aromatic ring is 1. The lowest BCUT2D eigenvalue weighted by Crippen LogP contribution is -2.34. The first kappa shape index (κ1) is 13.0. The first-order chi connectivity index (χ1) is 8.09. The third-order valence-electron chi connectivity index (χ3n) is 2.23. The van der Waals surface area contributed by atoms with E-state index in [0.29, 0.717) is 18.8 Å². The maximum absolute atomic E-state index is 11.5. The number of benzene rings is 1. The minimum Gasteiger partial charge on any atom is -0.398 e. The fraction of sp³-hybridized carbons (Fsp3) is 0.333. The summed E-state index contributed by atoms with van der Waals surface area (Å²) in [6.07, 6.45) is 0.257. The molecule has 4 N–H and O–H groups in total. The molecule has 1 rings (SSSR count). The van der Waals surface area contributed by atoms with Crippen LogP contribution >= 0.6 is 0 Å². The number of carbonyl (C=O) groups is 2. The van der Waals surface area contributed by atoms with Crippen LogP contribution in [0.3, 0.4) is 0 Å². The van der Waals surface area contributed by atoms with Gasteiger partial charge in [0.05, 0.1) is 6.42 Å². The zero-order chi connectivity index (χ0) is 12.7. The van der Waals surface area contributed by atoms with Gasteiger partial charge in [0.25, 0.3) is 0 Å². The van der Waals surface area contributed by atoms with Crippen LogP contribution in [-0.4, -0.2) is 24.9 Å². The average Bonchev–Trinajstić information content (AvgIpc) is 2.27. The van der Waals surface area contributed by atoms with E-state index < -0.39 is 0 Å². The Morgan fingerprint density at radius 1 is 1.18 bits per heavy atom. The number of rotatable bonds is 5. The quantitative estimate of drug-likeness (QED) is 0.498. The van der Waals surface area contributed by atoms with E-state index in [1.54, 1.807) is 6.07 Å². The van der Waals surface area contributed by atoms with Crippen LogP contribution in [0.25, 0.3) is 0 Å². The van der Waals surface area contributed by atoms with E-state index in [0.717, 1.165) is 5.56 Å². The summed E-state index contributed by atoms with van der Waals surface area (Å²) in [5, 5.41) is 5.30. The van der Waals surface area contributed by atoms with Crippen molar-refractivity contribution < 1.29 is 9.59 Å². The lowest BCUT2D eigenvalue weighted by molar-refractivity contribution is -0.121. The van der Waals surface area contributed by atoms with Crippen LogP contribution in [0.2, 0.25) is 0 Å². The number of anilines is 1. The van der Waals surface area contributed by atoms with Gasteiger partial charge in [0.1, 0.15) is 0 Å². The maximum Gasteiger partial charge on any atom is 0.224 e. The molecule has 5 nitrogen and oxygen atoms in total. The Kier molecular flexibility index (Phi) is 5.00. The number of nitrogens with one attached hydrogen (secondary N) is 2. The van der Waals surface area contributed by atoms with Crippen molar-refractivity contribution in [1.29, 1.82) is 0 Å². The Morgan fingerprint density at radius 3 is 2.47 bits per heavy atom. The summed E-state index contributed by atoms with van der Waals surface area (Å²) in [6.45, 7) is 2.29. The highest BCUT2D eigenvalue weighted by Crippen LogP contribution is 2.10. The number of carbonyl (C=O) groups excluding carboxylic acids is 2. The third kappa shape index (κ3) is 5.01. The molecule has 17 heavy (non-hydrogen) atoms. The largest absolute Gasteiger partial charge is 0.398 e. The zero-order valence-corrected chi connectivity index (χ0v) is 9.82. The minimum atomic E-state index is -0.105. The predicted octanol–water partition coefficient (Wildman–Crippen LogP) is 0.0636. The maximum atomic E-state index is 11.5. The minimum absolute atomic E-state index is 0.103. The van der Waals surface area contributed by atoms with Crippen molar-refractivity contribution >= 4 is 17.5 Å². The zero-order valence-electron chi connectivity index (χ0n) is 9.82. The second-order valence-corrected chi connectivity index (χ2v) is 3.71. The highest BCUT2D eigenvalue weighted by atomic mass is 16.2. The molecule has 0 aliphatic heterocycles. The Labute approximate surface area is 100 Å². The summed E-state index contributed by atoms with van der Waals surface area (Å²) in [7, 11) is 0. The van der Waals surface area contributed by atoms with Crippen molar-refractivity contribution in [3.63, 3.8) is 0 Å². The Hall–Kier alpha value is -2.04. The van der Waals surface area contributed by atoms with E-state index in [2.05, 4.69) is 10.6 Å². The van der Waals surface area contributed by atoms with Gasteiger partial charge >= 0.3 is 0 Å². The molecule has 0 atom stereocenters. The predicted molar refractivity (Wildman–Crippen MR) is 66.3 cm³/mol. The highest BCUT2D eigenvalue weighted by molar-refractivity contribution is 5.80. The molecule has 1 aromatic carbocycles. The molecule has 0 fully saturated rings. The Bertz CT molecular complexity index is 404. The van der Waals surface area contributed by atoms with Gasteiger partial charge in [-0.1, -0.05) is 18.2 Å². The van der Waals surface area contributed by atoms with Crippen LogP contribution < -0.4 is 16.4 Å². The molecule has 0 aliphatic carbocycles. The lowest BCUT2D eigenvalue weighted by Gasteiger charge is -2.07. The first-order valence-electron chi connectivity index (χ1n) is 5.44. The van der Waals surface area contributed by atoms with Crippen molar-refractivity contribution in [1.82, 2.24) is 10.6 Å². The van der Waals surface area contributed by atoms with Crippen molar-refractivity contribution in [2.24, 2.45) is 0 Å². The van der Waals surface area contributed by atoms with Gasteiger partial charge in [0.2, 0.25) is 11.8 Å². The third-order valence-corrected chi connectivity index (χ3v) is 2.23. The second kappa shape index (κ2) is 6.52. The van der Waals surface area contributed by atoms with Crippen molar-refractivity contribution in [3.8, 4) is 0 Å². The van der Waals surface area contributed by atoms with Crippen molar-refractivity contribution in [2.75, 3.05) is 18.8 Å². The molecule has 0 bridgehead atoms. The monoisotopic (exact) mass is 235 g/mol. The van der Waals surface area contributed by atoms with E-state index in [9.17, 15) is 9.59 Å². The molecule has 1 aromatic rings. The summed E-state index contributed by atoms with van der Waals surface area (Å²) in [5.74, 6) is -0.209. The Morgan fingerprint density at radius 2 is 1.82 bits per heavy atom. The molecule has 0 radical (unpaired) electrons. The van der Waals surface area contributed by atoms with Gasteiger partial charge in [0, 0.05) is 25.7 Å². The fourth-order valence-corrected chi connectivity index (χ4v) is 1.37. The average molecular weight is 235 g/mol. The van der Waals surface area contributed by atoms with Crippen molar-refractivity contribution in [2.45, 2.75) is 13.3 Å². The molecule has 0 aromatic heterocycles. The van der Waals surface area contributed by atoms with E-state index in [1.165, 1.54) is 6.92 Å². The topological polar surface area (TPSA) is 84.2 Å². The van der Waals surface area contributed by atoms with Gasteiger partial charge in [-0.15, -0.1) is 0 Å². The number of para-hydroxylation sites is 1. The summed E-state index contributed by atoms with van der Waals surface area (Å²) in [5.41, 5.74) is 7.15. The van der Waals surface area contributed by atoms with Crippen LogP contribution in [0.4, 0.5) is 5.69 Å². The van der Waals surface area contributed by atoms with Crippen molar-refractivity contribution in [3.05, 3.63) is 29.8 Å². The van der Waals surface area contributed by atoms with Crippen LogP contribution in [0, 0.1) is 0 Å². The van der Waals surface area contributed by atoms with Gasteiger partial charge in [-0.2, -0.15) is 0 Å².